The summed E-state index contributed by atoms with van der Waals surface area (Å²) in [5.74, 6) is 0.968. The molecule has 1 heterocycles. The molecule has 0 spiro atoms. The summed E-state index contributed by atoms with van der Waals surface area (Å²) in [6, 6.07) is 3.87. The minimum Gasteiger partial charge on any atom is -0.496 e. The number of nitrogens with zero attached hydrogens (tertiary/aromatic N) is 2. The normalized spacial score (nSPS) is 14.8. The first-order valence-corrected chi connectivity index (χ1v) is 9.41. The summed E-state index contributed by atoms with van der Waals surface area (Å²) in [4.78, 5) is 28.6. The van der Waals surface area contributed by atoms with Gasteiger partial charge < -0.3 is 19.9 Å². The van der Waals surface area contributed by atoms with Crippen molar-refractivity contribution >= 4 is 11.9 Å². The second-order valence-electron chi connectivity index (χ2n) is 6.81. The Balaban J connectivity index is 1.96. The highest BCUT2D eigenvalue weighted by atomic mass is 16.5. The second-order valence-corrected chi connectivity index (χ2v) is 6.81. The molecule has 6 nitrogen and oxygen atoms in total. The van der Waals surface area contributed by atoms with Crippen molar-refractivity contribution in [1.29, 1.82) is 0 Å². The van der Waals surface area contributed by atoms with Gasteiger partial charge >= 0.3 is 6.03 Å². The van der Waals surface area contributed by atoms with Gasteiger partial charge in [0, 0.05) is 32.7 Å². The molecule has 0 aromatic heterocycles. The van der Waals surface area contributed by atoms with Crippen molar-refractivity contribution in [3.05, 3.63) is 28.8 Å². The molecule has 0 aliphatic carbocycles. The number of hydrogen-bond acceptors (Lipinski definition) is 3. The summed E-state index contributed by atoms with van der Waals surface area (Å²) in [5, 5.41) is 2.91. The molecule has 1 aliphatic heterocycles. The third kappa shape index (κ3) is 4.90. The van der Waals surface area contributed by atoms with Gasteiger partial charge in [0.05, 0.1) is 13.5 Å². The Kier molecular flexibility index (Phi) is 7.30. The Bertz CT molecular complexity index is 645. The molecular weight excluding hydrogens is 330 g/mol. The summed E-state index contributed by atoms with van der Waals surface area (Å²) >= 11 is 0. The maximum atomic E-state index is 12.8. The van der Waals surface area contributed by atoms with Gasteiger partial charge in [0.15, 0.2) is 0 Å². The zero-order valence-electron chi connectivity index (χ0n) is 16.4. The number of ether oxygens (including phenoxy) is 1. The quantitative estimate of drug-likeness (QED) is 0.876. The number of hydrogen-bond donors (Lipinski definition) is 1. The number of methoxy groups -OCH3 is 1. The minimum absolute atomic E-state index is 0.0252. The van der Waals surface area contributed by atoms with Gasteiger partial charge in [-0.1, -0.05) is 13.0 Å². The lowest BCUT2D eigenvalue weighted by atomic mass is 9.99. The van der Waals surface area contributed by atoms with Gasteiger partial charge in [-0.3, -0.25) is 4.79 Å². The molecule has 1 N–H and O–H groups in total. The van der Waals surface area contributed by atoms with Gasteiger partial charge in [-0.2, -0.15) is 0 Å². The van der Waals surface area contributed by atoms with E-state index in [2.05, 4.69) is 5.32 Å². The highest BCUT2D eigenvalue weighted by molar-refractivity contribution is 5.80. The van der Waals surface area contributed by atoms with Crippen LogP contribution in [-0.4, -0.2) is 61.6 Å². The smallest absolute Gasteiger partial charge is 0.317 e. The predicted molar refractivity (Wildman–Crippen MR) is 103 cm³/mol. The maximum absolute atomic E-state index is 12.8. The monoisotopic (exact) mass is 361 g/mol. The highest BCUT2D eigenvalue weighted by Crippen LogP contribution is 2.24. The van der Waals surface area contributed by atoms with E-state index in [1.54, 1.807) is 7.11 Å². The summed E-state index contributed by atoms with van der Waals surface area (Å²) < 4.78 is 5.34. The zero-order chi connectivity index (χ0) is 19.1. The number of amides is 3. The molecule has 26 heavy (non-hydrogen) atoms. The van der Waals surface area contributed by atoms with E-state index < -0.39 is 0 Å². The van der Waals surface area contributed by atoms with Crippen LogP contribution in [0, 0.1) is 13.8 Å². The van der Waals surface area contributed by atoms with Crippen LogP contribution < -0.4 is 10.1 Å². The van der Waals surface area contributed by atoms with Gasteiger partial charge in [-0.25, -0.2) is 4.79 Å². The Labute approximate surface area is 156 Å². The van der Waals surface area contributed by atoms with Crippen molar-refractivity contribution in [3.8, 4) is 5.75 Å². The Morgan fingerprint density at radius 1 is 1.08 bits per heavy atom. The van der Waals surface area contributed by atoms with E-state index >= 15 is 0 Å². The van der Waals surface area contributed by atoms with Gasteiger partial charge in [0.2, 0.25) is 5.91 Å². The fraction of sp³-hybridized carbons (Fsp3) is 0.600. The molecule has 144 valence electrons. The maximum Gasteiger partial charge on any atom is 0.317 e. The molecule has 0 unspecified atom stereocenters. The number of benzene rings is 1. The molecule has 3 amide bonds. The van der Waals surface area contributed by atoms with Crippen LogP contribution in [0.3, 0.4) is 0 Å². The predicted octanol–water partition coefficient (Wildman–Crippen LogP) is 2.51. The van der Waals surface area contributed by atoms with E-state index in [0.717, 1.165) is 35.3 Å². The molecular formula is C20H31N3O3. The van der Waals surface area contributed by atoms with Gasteiger partial charge in [-0.05, 0) is 49.4 Å². The second kappa shape index (κ2) is 9.46. The lowest BCUT2D eigenvalue weighted by molar-refractivity contribution is -0.130. The molecule has 6 heteroatoms. The molecule has 1 fully saturated rings. The van der Waals surface area contributed by atoms with E-state index in [1.165, 1.54) is 0 Å². The summed E-state index contributed by atoms with van der Waals surface area (Å²) in [6.45, 7) is 9.34. The summed E-state index contributed by atoms with van der Waals surface area (Å²) in [7, 11) is 1.66. The lowest BCUT2D eigenvalue weighted by Gasteiger charge is -2.23. The first-order valence-electron chi connectivity index (χ1n) is 9.41. The highest BCUT2D eigenvalue weighted by Gasteiger charge is 2.22. The third-order valence-electron chi connectivity index (χ3n) is 5.07. The molecule has 2 rings (SSSR count). The largest absolute Gasteiger partial charge is 0.496 e. The van der Waals surface area contributed by atoms with E-state index in [4.69, 9.17) is 4.74 Å². The Morgan fingerprint density at radius 3 is 2.46 bits per heavy atom. The van der Waals surface area contributed by atoms with Crippen LogP contribution in [0.2, 0.25) is 0 Å². The molecule has 1 aromatic rings. The molecule has 0 radical (unpaired) electrons. The van der Waals surface area contributed by atoms with E-state index in [9.17, 15) is 9.59 Å². The van der Waals surface area contributed by atoms with Crippen LogP contribution in [0.15, 0.2) is 12.1 Å². The molecule has 1 saturated heterocycles. The zero-order valence-corrected chi connectivity index (χ0v) is 16.4. The van der Waals surface area contributed by atoms with Crippen molar-refractivity contribution < 1.29 is 14.3 Å². The molecule has 0 atom stereocenters. The van der Waals surface area contributed by atoms with Crippen molar-refractivity contribution in [3.63, 3.8) is 0 Å². The van der Waals surface area contributed by atoms with Crippen molar-refractivity contribution in [2.24, 2.45) is 0 Å². The summed E-state index contributed by atoms with van der Waals surface area (Å²) in [5.41, 5.74) is 3.22. The molecule has 0 saturated carbocycles. The van der Waals surface area contributed by atoms with Crippen LogP contribution in [0.25, 0.3) is 0 Å². The SMILES string of the molecule is CCCNC(=O)N1CCCN(C(=O)Cc2ccc(OC)c(C)c2C)CC1. The number of carbonyl (C=O) groups excluding carboxylic acids is 2. The van der Waals surface area contributed by atoms with Gasteiger partial charge in [-0.15, -0.1) is 0 Å². The van der Waals surface area contributed by atoms with Crippen molar-refractivity contribution in [2.45, 2.75) is 40.0 Å². The lowest BCUT2D eigenvalue weighted by Crippen LogP contribution is -2.43. The molecule has 0 bridgehead atoms. The first-order chi connectivity index (χ1) is 12.5. The van der Waals surface area contributed by atoms with E-state index in [-0.39, 0.29) is 11.9 Å². The Morgan fingerprint density at radius 2 is 1.77 bits per heavy atom. The van der Waals surface area contributed by atoms with Gasteiger partial charge in [0.25, 0.3) is 0 Å². The van der Waals surface area contributed by atoms with Crippen LogP contribution >= 0.6 is 0 Å². The molecule has 1 aromatic carbocycles. The first kappa shape index (κ1) is 20.1. The van der Waals surface area contributed by atoms with Crippen molar-refractivity contribution in [2.75, 3.05) is 39.8 Å². The number of nitrogens with one attached hydrogen (secondary N) is 1. The third-order valence-corrected chi connectivity index (χ3v) is 5.07. The fourth-order valence-electron chi connectivity index (χ4n) is 3.25. The standard InChI is InChI=1S/C20H31N3O3/c1-5-9-21-20(25)23-11-6-10-22(12-13-23)19(24)14-17-7-8-18(26-4)16(3)15(17)2/h7-8H,5-6,9-14H2,1-4H3,(H,21,25). The van der Waals surface area contributed by atoms with Crippen molar-refractivity contribution in [1.82, 2.24) is 15.1 Å². The Hall–Kier alpha value is -2.24. The average molecular weight is 361 g/mol. The van der Waals surface area contributed by atoms with Crippen LogP contribution in [-0.2, 0) is 11.2 Å². The van der Waals surface area contributed by atoms with Crippen LogP contribution in [0.5, 0.6) is 5.75 Å². The summed E-state index contributed by atoms with van der Waals surface area (Å²) in [6.07, 6.45) is 2.12. The topological polar surface area (TPSA) is 61.9 Å². The number of urea groups is 1. The average Bonchev–Trinajstić information content (AvgIpc) is 2.90. The van der Waals surface area contributed by atoms with Gasteiger partial charge in [0.1, 0.15) is 5.75 Å². The number of carbonyl (C=O) groups is 2. The molecule has 1 aliphatic rings. The number of rotatable bonds is 5. The van der Waals surface area contributed by atoms with Crippen LogP contribution in [0.1, 0.15) is 36.5 Å². The fourth-order valence-corrected chi connectivity index (χ4v) is 3.25. The van der Waals surface area contributed by atoms with E-state index in [0.29, 0.717) is 39.1 Å². The van der Waals surface area contributed by atoms with E-state index in [1.807, 2.05) is 42.7 Å². The minimum atomic E-state index is -0.0252. The van der Waals surface area contributed by atoms with Crippen LogP contribution in [0.4, 0.5) is 4.79 Å².